The maximum atomic E-state index is 12.3. The second-order valence-electron chi connectivity index (χ2n) is 6.40. The first-order valence-corrected chi connectivity index (χ1v) is 9.85. The summed E-state index contributed by atoms with van der Waals surface area (Å²) in [6.07, 6.45) is -0.873. The van der Waals surface area contributed by atoms with Crippen LogP contribution in [0.2, 0.25) is 0 Å². The number of esters is 1. The molecule has 3 rings (SSSR count). The molecule has 0 saturated carbocycles. The Morgan fingerprint density at radius 1 is 1.14 bits per heavy atom. The fourth-order valence-corrected chi connectivity index (χ4v) is 3.76. The number of fused-ring (bicyclic) bond motifs is 1. The van der Waals surface area contributed by atoms with Gasteiger partial charge in [0.25, 0.3) is 5.91 Å². The van der Waals surface area contributed by atoms with Gasteiger partial charge < -0.3 is 9.47 Å². The summed E-state index contributed by atoms with van der Waals surface area (Å²) < 4.78 is 11.4. The first kappa shape index (κ1) is 20.5. The van der Waals surface area contributed by atoms with Crippen LogP contribution in [0.4, 0.5) is 4.79 Å². The largest absolute Gasteiger partial charge is 0.451 e. The molecule has 0 spiro atoms. The molecule has 1 N–H and O–H groups in total. The van der Waals surface area contributed by atoms with Crippen molar-refractivity contribution in [3.8, 4) is 0 Å². The number of aromatic nitrogens is 2. The minimum atomic E-state index is -0.873. The van der Waals surface area contributed by atoms with E-state index < -0.39 is 24.6 Å². The van der Waals surface area contributed by atoms with E-state index in [-0.39, 0.29) is 6.61 Å². The predicted molar refractivity (Wildman–Crippen MR) is 108 cm³/mol. The third-order valence-electron chi connectivity index (χ3n) is 4.11. The van der Waals surface area contributed by atoms with Crippen LogP contribution >= 0.6 is 11.3 Å². The van der Waals surface area contributed by atoms with Crippen molar-refractivity contribution in [2.24, 2.45) is 0 Å². The Morgan fingerprint density at radius 3 is 2.55 bits per heavy atom. The number of carbonyl (C=O) groups excluding carboxylic acids is 3. The molecule has 2 heterocycles. The SMILES string of the molecule is CCOC(=O)NC(=O)COC(=O)c1cc2c(C)nn(Cc3ccc(C)cc3)c2s1. The van der Waals surface area contributed by atoms with Crippen molar-refractivity contribution in [2.45, 2.75) is 27.3 Å². The molecular formula is C20H21N3O5S. The lowest BCUT2D eigenvalue weighted by molar-refractivity contribution is -0.123. The van der Waals surface area contributed by atoms with Crippen molar-refractivity contribution in [1.82, 2.24) is 15.1 Å². The summed E-state index contributed by atoms with van der Waals surface area (Å²) in [5.41, 5.74) is 3.10. The number of rotatable bonds is 6. The van der Waals surface area contributed by atoms with Crippen LogP contribution < -0.4 is 5.32 Å². The number of hydrogen-bond donors (Lipinski definition) is 1. The second kappa shape index (κ2) is 8.87. The first-order valence-electron chi connectivity index (χ1n) is 9.03. The van der Waals surface area contributed by atoms with E-state index in [1.807, 2.05) is 48.1 Å². The summed E-state index contributed by atoms with van der Waals surface area (Å²) in [6, 6.07) is 9.88. The highest BCUT2D eigenvalue weighted by atomic mass is 32.1. The fraction of sp³-hybridized carbons (Fsp3) is 0.300. The highest BCUT2D eigenvalue weighted by Crippen LogP contribution is 2.29. The van der Waals surface area contributed by atoms with Gasteiger partial charge in [-0.15, -0.1) is 11.3 Å². The molecule has 8 nitrogen and oxygen atoms in total. The molecule has 0 aliphatic heterocycles. The standard InChI is InChI=1S/C20H21N3O5S/c1-4-27-20(26)21-17(24)11-28-19(25)16-9-15-13(3)22-23(18(15)29-16)10-14-7-5-12(2)6-8-14/h5-9H,4,10-11H2,1-3H3,(H,21,24,26). The van der Waals surface area contributed by atoms with Crippen molar-refractivity contribution < 1.29 is 23.9 Å². The predicted octanol–water partition coefficient (Wildman–Crippen LogP) is 3.19. The second-order valence-corrected chi connectivity index (χ2v) is 7.43. The van der Waals surface area contributed by atoms with E-state index in [1.165, 1.54) is 16.9 Å². The number of thiophene rings is 1. The van der Waals surface area contributed by atoms with E-state index in [2.05, 4.69) is 9.84 Å². The molecule has 0 saturated heterocycles. The van der Waals surface area contributed by atoms with Crippen LogP contribution in [0.3, 0.4) is 0 Å². The number of nitrogens with zero attached hydrogens (tertiary/aromatic N) is 2. The van der Waals surface area contributed by atoms with Crippen LogP contribution in [-0.4, -0.2) is 41.0 Å². The average Bonchev–Trinajstić information content (AvgIpc) is 3.23. The normalized spacial score (nSPS) is 10.7. The lowest BCUT2D eigenvalue weighted by Crippen LogP contribution is -2.34. The third kappa shape index (κ3) is 5.00. The highest BCUT2D eigenvalue weighted by molar-refractivity contribution is 7.20. The molecular weight excluding hydrogens is 394 g/mol. The zero-order chi connectivity index (χ0) is 21.0. The highest BCUT2D eigenvalue weighted by Gasteiger charge is 2.19. The number of carbonyl (C=O) groups is 3. The van der Waals surface area contributed by atoms with Crippen molar-refractivity contribution >= 4 is 39.5 Å². The van der Waals surface area contributed by atoms with Crippen LogP contribution in [0.25, 0.3) is 10.2 Å². The Bertz CT molecular complexity index is 1050. The van der Waals surface area contributed by atoms with Crippen LogP contribution in [0.5, 0.6) is 0 Å². The van der Waals surface area contributed by atoms with Crippen LogP contribution in [0.1, 0.15) is 33.4 Å². The van der Waals surface area contributed by atoms with E-state index in [9.17, 15) is 14.4 Å². The number of alkyl carbamates (subject to hydrolysis) is 1. The van der Waals surface area contributed by atoms with Gasteiger partial charge in [-0.25, -0.2) is 9.59 Å². The van der Waals surface area contributed by atoms with Crippen LogP contribution in [0.15, 0.2) is 30.3 Å². The van der Waals surface area contributed by atoms with Crippen molar-refractivity contribution in [1.29, 1.82) is 0 Å². The Balaban J connectivity index is 1.69. The van der Waals surface area contributed by atoms with E-state index >= 15 is 0 Å². The first-order chi connectivity index (χ1) is 13.9. The molecule has 0 atom stereocenters. The van der Waals surface area contributed by atoms with Gasteiger partial charge in [0.15, 0.2) is 6.61 Å². The molecule has 152 valence electrons. The minimum Gasteiger partial charge on any atom is -0.451 e. The van der Waals surface area contributed by atoms with E-state index in [0.29, 0.717) is 11.4 Å². The molecule has 0 fully saturated rings. The maximum absolute atomic E-state index is 12.3. The minimum absolute atomic E-state index is 0.139. The quantitative estimate of drug-likeness (QED) is 0.621. The van der Waals surface area contributed by atoms with Crippen molar-refractivity contribution in [2.75, 3.05) is 13.2 Å². The van der Waals surface area contributed by atoms with Crippen molar-refractivity contribution in [3.63, 3.8) is 0 Å². The Hall–Kier alpha value is -3.20. The van der Waals surface area contributed by atoms with Gasteiger partial charge in [-0.1, -0.05) is 29.8 Å². The molecule has 0 unspecified atom stereocenters. The number of imide groups is 1. The van der Waals surface area contributed by atoms with Gasteiger partial charge in [-0.2, -0.15) is 5.10 Å². The molecule has 0 radical (unpaired) electrons. The third-order valence-corrected chi connectivity index (χ3v) is 5.24. The number of benzene rings is 1. The topological polar surface area (TPSA) is 99.5 Å². The Kier molecular flexibility index (Phi) is 6.28. The van der Waals surface area contributed by atoms with Gasteiger partial charge in [0, 0.05) is 5.39 Å². The molecule has 2 aromatic heterocycles. The molecule has 0 bridgehead atoms. The smallest absolute Gasteiger partial charge is 0.413 e. The van der Waals surface area contributed by atoms with E-state index in [0.717, 1.165) is 21.5 Å². The van der Waals surface area contributed by atoms with Gasteiger partial charge >= 0.3 is 12.1 Å². The molecule has 3 aromatic rings. The molecule has 29 heavy (non-hydrogen) atoms. The Morgan fingerprint density at radius 2 is 1.86 bits per heavy atom. The summed E-state index contributed by atoms with van der Waals surface area (Å²) in [5, 5.41) is 7.39. The lowest BCUT2D eigenvalue weighted by atomic mass is 10.1. The van der Waals surface area contributed by atoms with Gasteiger partial charge in [0.2, 0.25) is 0 Å². The number of aryl methyl sites for hydroxylation is 2. The summed E-state index contributed by atoms with van der Waals surface area (Å²) in [7, 11) is 0. The molecule has 9 heteroatoms. The number of hydrogen-bond acceptors (Lipinski definition) is 7. The van der Waals surface area contributed by atoms with Gasteiger partial charge in [0.1, 0.15) is 9.71 Å². The zero-order valence-corrected chi connectivity index (χ0v) is 17.2. The monoisotopic (exact) mass is 415 g/mol. The molecule has 0 aliphatic rings. The number of nitrogens with one attached hydrogen (secondary N) is 1. The molecule has 0 aliphatic carbocycles. The van der Waals surface area contributed by atoms with Crippen LogP contribution in [-0.2, 0) is 20.8 Å². The maximum Gasteiger partial charge on any atom is 0.413 e. The average molecular weight is 415 g/mol. The Labute approximate surface area is 171 Å². The lowest BCUT2D eigenvalue weighted by Gasteiger charge is -2.05. The summed E-state index contributed by atoms with van der Waals surface area (Å²) >= 11 is 1.25. The van der Waals surface area contributed by atoms with Gasteiger partial charge in [0.05, 0.1) is 18.8 Å². The number of ether oxygens (including phenoxy) is 2. The summed E-state index contributed by atoms with van der Waals surface area (Å²) in [4.78, 5) is 36.3. The zero-order valence-electron chi connectivity index (χ0n) is 16.4. The van der Waals surface area contributed by atoms with Gasteiger partial charge in [-0.05, 0) is 32.4 Å². The number of amides is 2. The summed E-state index contributed by atoms with van der Waals surface area (Å²) in [5.74, 6) is -1.38. The van der Waals surface area contributed by atoms with E-state index in [4.69, 9.17) is 4.74 Å². The van der Waals surface area contributed by atoms with Gasteiger partial charge in [-0.3, -0.25) is 14.8 Å². The fourth-order valence-electron chi connectivity index (χ4n) is 2.71. The van der Waals surface area contributed by atoms with E-state index in [1.54, 1.807) is 13.0 Å². The molecule has 1 aromatic carbocycles. The summed E-state index contributed by atoms with van der Waals surface area (Å²) in [6.45, 7) is 5.68. The van der Waals surface area contributed by atoms with Crippen molar-refractivity contribution in [3.05, 3.63) is 52.0 Å². The van der Waals surface area contributed by atoms with Crippen LogP contribution in [0, 0.1) is 13.8 Å². The molecule has 2 amide bonds.